The van der Waals surface area contributed by atoms with Crippen LogP contribution in [0.25, 0.3) is 0 Å². The Bertz CT molecular complexity index is 315. The highest BCUT2D eigenvalue weighted by atomic mass is 79.9. The van der Waals surface area contributed by atoms with Crippen LogP contribution in [0, 0.1) is 0 Å². The van der Waals surface area contributed by atoms with Crippen molar-refractivity contribution in [2.24, 2.45) is 0 Å². The molecular formula is C8H8Br2N2O. The molecule has 0 aliphatic carbocycles. The molecular weight excluding hydrogens is 300 g/mol. The predicted molar refractivity (Wildman–Crippen MR) is 59.0 cm³/mol. The molecule has 0 spiro atoms. The van der Waals surface area contributed by atoms with Crippen LogP contribution in [0.4, 0.5) is 5.82 Å². The van der Waals surface area contributed by atoms with Crippen molar-refractivity contribution in [3.05, 3.63) is 22.8 Å². The third kappa shape index (κ3) is 3.08. The minimum absolute atomic E-state index is 0.112. The summed E-state index contributed by atoms with van der Waals surface area (Å²) in [6, 6.07) is 3.61. The van der Waals surface area contributed by atoms with Gasteiger partial charge in [0.2, 0.25) is 5.91 Å². The topological polar surface area (TPSA) is 42.0 Å². The molecule has 0 aliphatic heterocycles. The zero-order valence-electron chi connectivity index (χ0n) is 6.92. The first kappa shape index (κ1) is 10.7. The van der Waals surface area contributed by atoms with E-state index in [1.54, 1.807) is 19.2 Å². The summed E-state index contributed by atoms with van der Waals surface area (Å²) in [4.78, 5) is 15.0. The van der Waals surface area contributed by atoms with Crippen LogP contribution in [0.3, 0.4) is 0 Å². The van der Waals surface area contributed by atoms with Crippen LogP contribution in [0.2, 0.25) is 0 Å². The van der Waals surface area contributed by atoms with Gasteiger partial charge in [0, 0.05) is 6.20 Å². The zero-order chi connectivity index (χ0) is 9.84. The fourth-order valence-electron chi connectivity index (χ4n) is 0.694. The Kier molecular flexibility index (Phi) is 3.87. The smallest absolute Gasteiger partial charge is 0.239 e. The Labute approximate surface area is 93.2 Å². The summed E-state index contributed by atoms with van der Waals surface area (Å²) in [5.41, 5.74) is 0. The minimum atomic E-state index is -0.221. The molecule has 1 aromatic heterocycles. The molecule has 0 saturated carbocycles. The Morgan fingerprint density at radius 2 is 2.38 bits per heavy atom. The average Bonchev–Trinajstić information content (AvgIpc) is 2.08. The molecule has 0 aromatic carbocycles. The number of amides is 1. The first-order chi connectivity index (χ1) is 6.11. The number of rotatable bonds is 2. The molecule has 3 nitrogen and oxygen atoms in total. The van der Waals surface area contributed by atoms with E-state index in [0.717, 1.165) is 4.47 Å². The number of carbonyl (C=O) groups is 1. The molecule has 1 unspecified atom stereocenters. The second-order valence-corrected chi connectivity index (χ2v) is 4.67. The number of carbonyl (C=O) groups excluding carboxylic acids is 1. The average molecular weight is 308 g/mol. The minimum Gasteiger partial charge on any atom is -0.309 e. The van der Waals surface area contributed by atoms with Crippen LogP contribution in [-0.2, 0) is 4.79 Å². The van der Waals surface area contributed by atoms with Gasteiger partial charge in [0.1, 0.15) is 5.82 Å². The van der Waals surface area contributed by atoms with Crippen LogP contribution in [0.15, 0.2) is 22.8 Å². The van der Waals surface area contributed by atoms with Crippen LogP contribution < -0.4 is 5.32 Å². The molecule has 1 rings (SSSR count). The molecule has 5 heteroatoms. The maximum atomic E-state index is 11.2. The summed E-state index contributed by atoms with van der Waals surface area (Å²) in [6.45, 7) is 1.76. The highest BCUT2D eigenvalue weighted by molar-refractivity contribution is 9.10. The second-order valence-electron chi connectivity index (χ2n) is 2.44. The van der Waals surface area contributed by atoms with E-state index in [1.807, 2.05) is 6.07 Å². The van der Waals surface area contributed by atoms with Gasteiger partial charge in [-0.05, 0) is 35.0 Å². The molecule has 0 saturated heterocycles. The number of nitrogens with zero attached hydrogens (tertiary/aromatic N) is 1. The first-order valence-corrected chi connectivity index (χ1v) is 5.37. The first-order valence-electron chi connectivity index (χ1n) is 3.66. The fourth-order valence-corrected chi connectivity index (χ4v) is 1.16. The lowest BCUT2D eigenvalue weighted by atomic mass is 10.4. The van der Waals surface area contributed by atoms with Crippen molar-refractivity contribution in [3.63, 3.8) is 0 Å². The number of anilines is 1. The van der Waals surface area contributed by atoms with Gasteiger partial charge < -0.3 is 5.32 Å². The van der Waals surface area contributed by atoms with Gasteiger partial charge >= 0.3 is 0 Å². The standard InChI is InChI=1S/C8H8Br2N2O/c1-5(9)8(13)12-7-6(10)3-2-4-11-7/h2-5H,1H3,(H,11,12,13). The molecule has 1 aromatic rings. The van der Waals surface area contributed by atoms with Crippen molar-refractivity contribution in [1.29, 1.82) is 0 Å². The third-order valence-corrected chi connectivity index (χ3v) is 2.42. The number of hydrogen-bond donors (Lipinski definition) is 1. The SMILES string of the molecule is CC(Br)C(=O)Nc1ncccc1Br. The van der Waals surface area contributed by atoms with Crippen LogP contribution in [0.1, 0.15) is 6.92 Å². The monoisotopic (exact) mass is 306 g/mol. The Morgan fingerprint density at radius 1 is 1.69 bits per heavy atom. The number of halogens is 2. The highest BCUT2D eigenvalue weighted by Crippen LogP contribution is 2.18. The number of nitrogens with one attached hydrogen (secondary N) is 1. The second kappa shape index (κ2) is 4.72. The number of aromatic nitrogens is 1. The fraction of sp³-hybridized carbons (Fsp3) is 0.250. The lowest BCUT2D eigenvalue weighted by Crippen LogP contribution is -2.20. The van der Waals surface area contributed by atoms with Crippen LogP contribution in [0.5, 0.6) is 0 Å². The highest BCUT2D eigenvalue weighted by Gasteiger charge is 2.10. The molecule has 1 heterocycles. The summed E-state index contributed by atoms with van der Waals surface area (Å²) in [7, 11) is 0. The Balaban J connectivity index is 2.75. The van der Waals surface area contributed by atoms with Crippen molar-refractivity contribution < 1.29 is 4.79 Å². The van der Waals surface area contributed by atoms with E-state index in [0.29, 0.717) is 5.82 Å². The van der Waals surface area contributed by atoms with Crippen molar-refractivity contribution >= 4 is 43.6 Å². The van der Waals surface area contributed by atoms with E-state index < -0.39 is 0 Å². The molecule has 1 N–H and O–H groups in total. The van der Waals surface area contributed by atoms with Crippen molar-refractivity contribution in [2.45, 2.75) is 11.8 Å². The summed E-state index contributed by atoms with van der Waals surface area (Å²) in [5, 5.41) is 2.67. The van der Waals surface area contributed by atoms with Crippen molar-refractivity contribution in [1.82, 2.24) is 4.98 Å². The molecule has 70 valence electrons. The van der Waals surface area contributed by atoms with E-state index in [2.05, 4.69) is 42.2 Å². The van der Waals surface area contributed by atoms with Gasteiger partial charge in [-0.1, -0.05) is 15.9 Å². The maximum absolute atomic E-state index is 11.2. The lowest BCUT2D eigenvalue weighted by Gasteiger charge is -2.06. The molecule has 0 aliphatic rings. The number of pyridine rings is 1. The largest absolute Gasteiger partial charge is 0.309 e. The number of alkyl halides is 1. The zero-order valence-corrected chi connectivity index (χ0v) is 10.1. The van der Waals surface area contributed by atoms with E-state index >= 15 is 0 Å². The number of hydrogen-bond acceptors (Lipinski definition) is 2. The molecule has 0 fully saturated rings. The molecule has 1 atom stereocenters. The normalized spacial score (nSPS) is 12.2. The van der Waals surface area contributed by atoms with E-state index in [9.17, 15) is 4.79 Å². The van der Waals surface area contributed by atoms with Gasteiger partial charge in [0.15, 0.2) is 0 Å². The van der Waals surface area contributed by atoms with Gasteiger partial charge in [0.25, 0.3) is 0 Å². The van der Waals surface area contributed by atoms with Gasteiger partial charge in [-0.15, -0.1) is 0 Å². The Hall–Kier alpha value is -0.420. The molecule has 0 radical (unpaired) electrons. The van der Waals surface area contributed by atoms with Crippen molar-refractivity contribution in [3.8, 4) is 0 Å². The maximum Gasteiger partial charge on any atom is 0.239 e. The molecule has 0 bridgehead atoms. The molecule has 1 amide bonds. The van der Waals surface area contributed by atoms with E-state index in [4.69, 9.17) is 0 Å². The van der Waals surface area contributed by atoms with Crippen LogP contribution >= 0.6 is 31.9 Å². The van der Waals surface area contributed by atoms with Crippen molar-refractivity contribution in [2.75, 3.05) is 5.32 Å². The summed E-state index contributed by atoms with van der Waals surface area (Å²) >= 11 is 6.45. The summed E-state index contributed by atoms with van der Waals surface area (Å²) in [5.74, 6) is 0.429. The Morgan fingerprint density at radius 3 is 2.92 bits per heavy atom. The third-order valence-electron chi connectivity index (χ3n) is 1.36. The van der Waals surface area contributed by atoms with E-state index in [1.165, 1.54) is 0 Å². The lowest BCUT2D eigenvalue weighted by molar-refractivity contribution is -0.115. The summed E-state index contributed by atoms with van der Waals surface area (Å²) in [6.07, 6.45) is 1.62. The molecule has 13 heavy (non-hydrogen) atoms. The quantitative estimate of drug-likeness (QED) is 0.853. The van der Waals surface area contributed by atoms with Crippen LogP contribution in [-0.4, -0.2) is 15.7 Å². The van der Waals surface area contributed by atoms with Gasteiger partial charge in [-0.3, -0.25) is 4.79 Å². The predicted octanol–water partition coefficient (Wildman–Crippen LogP) is 2.57. The van der Waals surface area contributed by atoms with Gasteiger partial charge in [-0.2, -0.15) is 0 Å². The van der Waals surface area contributed by atoms with E-state index in [-0.39, 0.29) is 10.7 Å². The summed E-state index contributed by atoms with van der Waals surface area (Å²) < 4.78 is 0.775. The van der Waals surface area contributed by atoms with Gasteiger partial charge in [-0.25, -0.2) is 4.98 Å². The van der Waals surface area contributed by atoms with Gasteiger partial charge in [0.05, 0.1) is 9.30 Å².